The Labute approximate surface area is 126 Å². The fourth-order valence-corrected chi connectivity index (χ4v) is 2.77. The lowest BCUT2D eigenvalue weighted by Crippen LogP contribution is -2.48. The van der Waals surface area contributed by atoms with Gasteiger partial charge in [-0.25, -0.2) is 9.63 Å². The minimum atomic E-state index is -0.357. The molecule has 5 heteroatoms. The second-order valence-electron chi connectivity index (χ2n) is 5.44. The van der Waals surface area contributed by atoms with Crippen LogP contribution < -0.4 is 14.4 Å². The molecule has 2 aromatic rings. The number of halogens is 1. The number of benzene rings is 1. The zero-order valence-corrected chi connectivity index (χ0v) is 12.9. The summed E-state index contributed by atoms with van der Waals surface area (Å²) in [7, 11) is 0. The highest BCUT2D eigenvalue weighted by atomic mass is 79.9. The van der Waals surface area contributed by atoms with Gasteiger partial charge >= 0.3 is 0 Å². The first-order chi connectivity index (χ1) is 9.46. The number of aromatic nitrogens is 1. The van der Waals surface area contributed by atoms with Crippen molar-refractivity contribution in [2.75, 3.05) is 11.4 Å². The highest BCUT2D eigenvalue weighted by molar-refractivity contribution is 9.10. The molecule has 1 aromatic carbocycles. The Balaban J connectivity index is 2.16. The van der Waals surface area contributed by atoms with Crippen LogP contribution in [0.25, 0.3) is 0 Å². The highest BCUT2D eigenvalue weighted by Gasteiger charge is 2.38. The molecule has 0 amide bonds. The van der Waals surface area contributed by atoms with Crippen molar-refractivity contribution in [2.45, 2.75) is 19.4 Å². The fraction of sp³-hybridized carbons (Fsp3) is 0.267. The molecule has 1 aromatic heterocycles. The molecule has 0 fully saturated rings. The molecule has 104 valence electrons. The van der Waals surface area contributed by atoms with E-state index in [4.69, 9.17) is 4.74 Å². The summed E-state index contributed by atoms with van der Waals surface area (Å²) in [4.78, 5) is 2.00. The summed E-state index contributed by atoms with van der Waals surface area (Å²) in [6.45, 7) is 4.65. The molecule has 0 saturated heterocycles. The maximum absolute atomic E-state index is 12.0. The third-order valence-electron chi connectivity index (χ3n) is 3.22. The van der Waals surface area contributed by atoms with E-state index >= 15 is 0 Å². The largest absolute Gasteiger partial charge is 0.711 e. The molecule has 2 heterocycles. The van der Waals surface area contributed by atoms with Crippen LogP contribution in [-0.4, -0.2) is 12.1 Å². The number of rotatable bonds is 1. The first kappa shape index (κ1) is 13.2. The van der Waals surface area contributed by atoms with Crippen LogP contribution in [0.3, 0.4) is 0 Å². The van der Waals surface area contributed by atoms with Gasteiger partial charge in [0, 0.05) is 16.6 Å². The summed E-state index contributed by atoms with van der Waals surface area (Å²) in [5.74, 6) is 1.39. The van der Waals surface area contributed by atoms with Crippen molar-refractivity contribution in [3.63, 3.8) is 0 Å². The van der Waals surface area contributed by atoms with Gasteiger partial charge in [0.1, 0.15) is 12.1 Å². The van der Waals surface area contributed by atoms with E-state index in [0.717, 1.165) is 20.6 Å². The zero-order chi connectivity index (χ0) is 14.3. The van der Waals surface area contributed by atoms with Gasteiger partial charge in [-0.3, -0.25) is 0 Å². The maximum Gasteiger partial charge on any atom is 0.285 e. The number of nitrogens with zero attached hydrogens (tertiary/aromatic N) is 2. The molecule has 0 aliphatic carbocycles. The summed E-state index contributed by atoms with van der Waals surface area (Å²) in [5.41, 5.74) is 0.540. The van der Waals surface area contributed by atoms with Gasteiger partial charge in [-0.1, -0.05) is 22.0 Å². The fourth-order valence-electron chi connectivity index (χ4n) is 2.42. The monoisotopic (exact) mass is 334 g/mol. The van der Waals surface area contributed by atoms with Crippen LogP contribution in [-0.2, 0) is 0 Å². The van der Waals surface area contributed by atoms with Crippen molar-refractivity contribution in [1.29, 1.82) is 0 Å². The Hall–Kier alpha value is -1.75. The minimum Gasteiger partial charge on any atom is -0.711 e. The number of hydrogen-bond acceptors (Lipinski definition) is 3. The molecule has 20 heavy (non-hydrogen) atoms. The van der Waals surface area contributed by atoms with E-state index in [2.05, 4.69) is 15.9 Å². The Morgan fingerprint density at radius 1 is 1.30 bits per heavy atom. The van der Waals surface area contributed by atoms with E-state index in [-0.39, 0.29) is 5.60 Å². The zero-order valence-electron chi connectivity index (χ0n) is 11.3. The molecule has 1 aliphatic heterocycles. The van der Waals surface area contributed by atoms with Gasteiger partial charge in [0.25, 0.3) is 5.82 Å². The topological polar surface area (TPSA) is 39.4 Å². The van der Waals surface area contributed by atoms with Gasteiger partial charge < -0.3 is 9.94 Å². The van der Waals surface area contributed by atoms with Crippen molar-refractivity contribution in [3.05, 3.63) is 52.3 Å². The highest BCUT2D eigenvalue weighted by Crippen LogP contribution is 2.41. The second-order valence-corrected chi connectivity index (χ2v) is 6.36. The molecule has 3 rings (SSSR count). The minimum absolute atomic E-state index is 0.357. The third kappa shape index (κ3) is 2.33. The average Bonchev–Trinajstić information content (AvgIpc) is 2.38. The second kappa shape index (κ2) is 4.66. The van der Waals surface area contributed by atoms with Crippen LogP contribution in [0.2, 0.25) is 0 Å². The van der Waals surface area contributed by atoms with E-state index in [1.807, 2.05) is 49.1 Å². The van der Waals surface area contributed by atoms with Crippen molar-refractivity contribution in [3.8, 4) is 5.75 Å². The Kier molecular flexibility index (Phi) is 3.09. The molecule has 4 nitrogen and oxygen atoms in total. The number of hydrogen-bond donors (Lipinski definition) is 0. The molecular formula is C15H15BrN2O2. The standard InChI is InChI=1S/C15H15BrN2O2/c1-15(2)10-17(14-5-3-4-8-18(14)19)12-9-11(16)6-7-13(12)20-15/h3-9H,10H2,1-2H3. The van der Waals surface area contributed by atoms with Crippen molar-refractivity contribution in [2.24, 2.45) is 0 Å². The molecule has 0 bridgehead atoms. The molecule has 0 spiro atoms. The first-order valence-electron chi connectivity index (χ1n) is 6.41. The van der Waals surface area contributed by atoms with E-state index < -0.39 is 0 Å². The van der Waals surface area contributed by atoms with Crippen LogP contribution in [0, 0.1) is 5.21 Å². The maximum atomic E-state index is 12.0. The van der Waals surface area contributed by atoms with E-state index in [1.54, 1.807) is 6.07 Å². The third-order valence-corrected chi connectivity index (χ3v) is 3.71. The Morgan fingerprint density at radius 2 is 2.10 bits per heavy atom. The number of fused-ring (bicyclic) bond motifs is 1. The van der Waals surface area contributed by atoms with E-state index in [9.17, 15) is 5.21 Å². The van der Waals surface area contributed by atoms with Crippen LogP contribution in [0.5, 0.6) is 5.75 Å². The van der Waals surface area contributed by atoms with E-state index in [1.165, 1.54) is 6.20 Å². The number of ether oxygens (including phenoxy) is 1. The summed E-state index contributed by atoms with van der Waals surface area (Å²) in [6, 6.07) is 11.2. The summed E-state index contributed by atoms with van der Waals surface area (Å²) < 4.78 is 7.83. The smallest absolute Gasteiger partial charge is 0.285 e. The molecule has 0 unspecified atom stereocenters. The molecule has 1 aliphatic rings. The normalized spacial score (nSPS) is 16.4. The lowest BCUT2D eigenvalue weighted by atomic mass is 10.1. The lowest BCUT2D eigenvalue weighted by molar-refractivity contribution is -0.592. The number of anilines is 2. The van der Waals surface area contributed by atoms with Gasteiger partial charge in [-0.15, -0.1) is 0 Å². The van der Waals surface area contributed by atoms with Gasteiger partial charge in [-0.05, 0) is 32.0 Å². The van der Waals surface area contributed by atoms with Crippen LogP contribution in [0.4, 0.5) is 11.5 Å². The lowest BCUT2D eigenvalue weighted by Gasteiger charge is -2.36. The predicted octanol–water partition coefficient (Wildman–Crippen LogP) is 3.39. The van der Waals surface area contributed by atoms with Crippen LogP contribution in [0.15, 0.2) is 47.1 Å². The summed E-state index contributed by atoms with van der Waals surface area (Å²) >= 11 is 3.47. The van der Waals surface area contributed by atoms with Crippen molar-refractivity contribution < 1.29 is 9.47 Å². The number of pyridine rings is 1. The Morgan fingerprint density at radius 3 is 2.85 bits per heavy atom. The molecule has 0 saturated carbocycles. The van der Waals surface area contributed by atoms with E-state index in [0.29, 0.717) is 12.4 Å². The van der Waals surface area contributed by atoms with Gasteiger partial charge in [-0.2, -0.15) is 0 Å². The molecule has 0 atom stereocenters. The average molecular weight is 335 g/mol. The molecule has 0 radical (unpaired) electrons. The quantitative estimate of drug-likeness (QED) is 0.592. The van der Waals surface area contributed by atoms with Crippen molar-refractivity contribution >= 4 is 27.4 Å². The summed E-state index contributed by atoms with van der Waals surface area (Å²) in [5, 5.41) is 12.0. The molecule has 0 N–H and O–H groups in total. The summed E-state index contributed by atoms with van der Waals surface area (Å²) in [6.07, 6.45) is 1.51. The van der Waals surface area contributed by atoms with Gasteiger partial charge in [0.15, 0.2) is 11.4 Å². The predicted molar refractivity (Wildman–Crippen MR) is 81.3 cm³/mol. The Bertz CT molecular complexity index is 658. The van der Waals surface area contributed by atoms with Crippen LogP contribution in [0.1, 0.15) is 13.8 Å². The van der Waals surface area contributed by atoms with Gasteiger partial charge in [0.05, 0.1) is 6.20 Å². The van der Waals surface area contributed by atoms with Crippen LogP contribution >= 0.6 is 15.9 Å². The van der Waals surface area contributed by atoms with Gasteiger partial charge in [0.2, 0.25) is 0 Å². The van der Waals surface area contributed by atoms with Crippen molar-refractivity contribution in [1.82, 2.24) is 0 Å². The first-order valence-corrected chi connectivity index (χ1v) is 7.20. The molecular weight excluding hydrogens is 320 g/mol. The SMILES string of the molecule is CC1(C)CN(c2cccc[n+]2[O-])c2cc(Br)ccc2O1.